The smallest absolute Gasteiger partial charge is 0.384 e. The SMILES string of the molecule is CCCC(CCC)C[C@@H](O)C(F)(F)F. The molecular weight excluding hydrogens is 193 g/mol. The Balaban J connectivity index is 4.01. The lowest BCUT2D eigenvalue weighted by Gasteiger charge is -2.21. The average molecular weight is 212 g/mol. The van der Waals surface area contributed by atoms with Crippen LogP contribution in [0.25, 0.3) is 0 Å². The van der Waals surface area contributed by atoms with Crippen LogP contribution in [0, 0.1) is 5.92 Å². The van der Waals surface area contributed by atoms with Gasteiger partial charge in [-0.25, -0.2) is 0 Å². The van der Waals surface area contributed by atoms with Gasteiger partial charge in [-0.2, -0.15) is 13.2 Å². The fraction of sp³-hybridized carbons (Fsp3) is 1.00. The molecule has 0 bridgehead atoms. The second-order valence-corrected chi connectivity index (χ2v) is 3.74. The van der Waals surface area contributed by atoms with Crippen LogP contribution >= 0.6 is 0 Å². The average Bonchev–Trinajstić information content (AvgIpc) is 2.03. The lowest BCUT2D eigenvalue weighted by molar-refractivity contribution is -0.208. The summed E-state index contributed by atoms with van der Waals surface area (Å²) in [5, 5.41) is 8.88. The second-order valence-electron chi connectivity index (χ2n) is 3.74. The van der Waals surface area contributed by atoms with Gasteiger partial charge in [0.2, 0.25) is 0 Å². The van der Waals surface area contributed by atoms with Crippen LogP contribution in [-0.4, -0.2) is 17.4 Å². The van der Waals surface area contributed by atoms with E-state index in [2.05, 4.69) is 0 Å². The van der Waals surface area contributed by atoms with Gasteiger partial charge in [0.25, 0.3) is 0 Å². The van der Waals surface area contributed by atoms with E-state index in [0.717, 1.165) is 25.7 Å². The van der Waals surface area contributed by atoms with Crippen molar-refractivity contribution in [2.45, 2.75) is 58.2 Å². The molecule has 1 nitrogen and oxygen atoms in total. The summed E-state index contributed by atoms with van der Waals surface area (Å²) < 4.78 is 36.1. The van der Waals surface area contributed by atoms with Gasteiger partial charge >= 0.3 is 6.18 Å². The maximum atomic E-state index is 12.0. The quantitative estimate of drug-likeness (QED) is 0.714. The highest BCUT2D eigenvalue weighted by molar-refractivity contribution is 4.70. The van der Waals surface area contributed by atoms with Crippen molar-refractivity contribution < 1.29 is 18.3 Å². The van der Waals surface area contributed by atoms with Crippen LogP contribution in [0.5, 0.6) is 0 Å². The zero-order valence-electron chi connectivity index (χ0n) is 8.77. The van der Waals surface area contributed by atoms with Crippen molar-refractivity contribution in [3.8, 4) is 0 Å². The van der Waals surface area contributed by atoms with Gasteiger partial charge in [0, 0.05) is 0 Å². The molecule has 0 unspecified atom stereocenters. The van der Waals surface area contributed by atoms with E-state index in [1.54, 1.807) is 0 Å². The number of aliphatic hydroxyl groups excluding tert-OH is 1. The molecule has 0 heterocycles. The summed E-state index contributed by atoms with van der Waals surface area (Å²) in [6.45, 7) is 3.89. The predicted octanol–water partition coefficient (Wildman–Crippen LogP) is 3.52. The number of halogens is 3. The first-order valence-corrected chi connectivity index (χ1v) is 5.16. The lowest BCUT2D eigenvalue weighted by atomic mass is 9.92. The minimum atomic E-state index is -4.46. The molecule has 0 aliphatic rings. The minimum Gasteiger partial charge on any atom is -0.384 e. The molecule has 0 amide bonds. The molecular formula is C10H19F3O. The summed E-state index contributed by atoms with van der Waals surface area (Å²) in [7, 11) is 0. The van der Waals surface area contributed by atoms with E-state index in [1.807, 2.05) is 13.8 Å². The van der Waals surface area contributed by atoms with Gasteiger partial charge in [0.1, 0.15) is 6.10 Å². The van der Waals surface area contributed by atoms with Gasteiger partial charge in [-0.15, -0.1) is 0 Å². The Morgan fingerprint density at radius 3 is 1.79 bits per heavy atom. The van der Waals surface area contributed by atoms with E-state index < -0.39 is 12.3 Å². The molecule has 14 heavy (non-hydrogen) atoms. The van der Waals surface area contributed by atoms with Crippen LogP contribution in [0.3, 0.4) is 0 Å². The van der Waals surface area contributed by atoms with Crippen LogP contribution in [0.2, 0.25) is 0 Å². The van der Waals surface area contributed by atoms with E-state index in [0.29, 0.717) is 0 Å². The molecule has 0 fully saturated rings. The molecule has 0 aromatic carbocycles. The van der Waals surface area contributed by atoms with Gasteiger partial charge in [-0.05, 0) is 12.3 Å². The summed E-state index contributed by atoms with van der Waals surface area (Å²) in [6, 6.07) is 0. The predicted molar refractivity (Wildman–Crippen MR) is 50.0 cm³/mol. The number of hydrogen-bond donors (Lipinski definition) is 1. The van der Waals surface area contributed by atoms with E-state index in [-0.39, 0.29) is 12.3 Å². The molecule has 4 heteroatoms. The molecule has 0 aromatic heterocycles. The molecule has 0 aliphatic heterocycles. The summed E-state index contributed by atoms with van der Waals surface area (Å²) in [5.74, 6) is 0.00150. The summed E-state index contributed by atoms with van der Waals surface area (Å²) in [5.41, 5.74) is 0. The van der Waals surface area contributed by atoms with Crippen LogP contribution in [-0.2, 0) is 0 Å². The van der Waals surface area contributed by atoms with Crippen molar-refractivity contribution >= 4 is 0 Å². The first-order valence-electron chi connectivity index (χ1n) is 5.16. The van der Waals surface area contributed by atoms with Crippen LogP contribution in [0.4, 0.5) is 13.2 Å². The minimum absolute atomic E-state index is 0.00150. The Morgan fingerprint density at radius 1 is 1.07 bits per heavy atom. The van der Waals surface area contributed by atoms with Crippen LogP contribution in [0.15, 0.2) is 0 Å². The van der Waals surface area contributed by atoms with Crippen molar-refractivity contribution in [1.29, 1.82) is 0 Å². The van der Waals surface area contributed by atoms with Crippen LogP contribution in [0.1, 0.15) is 46.0 Å². The zero-order chi connectivity index (χ0) is 11.2. The first kappa shape index (κ1) is 13.8. The van der Waals surface area contributed by atoms with Gasteiger partial charge in [-0.1, -0.05) is 39.5 Å². The van der Waals surface area contributed by atoms with Gasteiger partial charge in [0.15, 0.2) is 0 Å². The van der Waals surface area contributed by atoms with Crippen molar-refractivity contribution in [2.24, 2.45) is 5.92 Å². The van der Waals surface area contributed by atoms with E-state index in [4.69, 9.17) is 5.11 Å². The maximum absolute atomic E-state index is 12.0. The van der Waals surface area contributed by atoms with Crippen molar-refractivity contribution in [3.05, 3.63) is 0 Å². The van der Waals surface area contributed by atoms with E-state index in [9.17, 15) is 13.2 Å². The highest BCUT2D eigenvalue weighted by Crippen LogP contribution is 2.28. The highest BCUT2D eigenvalue weighted by atomic mass is 19.4. The molecule has 86 valence electrons. The summed E-state index contributed by atoms with van der Waals surface area (Å²) >= 11 is 0. The topological polar surface area (TPSA) is 20.2 Å². The van der Waals surface area contributed by atoms with E-state index >= 15 is 0 Å². The second kappa shape index (κ2) is 6.27. The Morgan fingerprint density at radius 2 is 1.50 bits per heavy atom. The maximum Gasteiger partial charge on any atom is 0.414 e. The van der Waals surface area contributed by atoms with Crippen molar-refractivity contribution in [2.75, 3.05) is 0 Å². The fourth-order valence-corrected chi connectivity index (χ4v) is 1.65. The molecule has 0 rings (SSSR count). The Hall–Kier alpha value is -0.250. The zero-order valence-corrected chi connectivity index (χ0v) is 8.77. The number of aliphatic hydroxyl groups is 1. The van der Waals surface area contributed by atoms with Crippen LogP contribution < -0.4 is 0 Å². The molecule has 1 N–H and O–H groups in total. The van der Waals surface area contributed by atoms with Gasteiger partial charge in [-0.3, -0.25) is 0 Å². The molecule has 0 aromatic rings. The number of hydrogen-bond acceptors (Lipinski definition) is 1. The molecule has 0 aliphatic carbocycles. The monoisotopic (exact) mass is 212 g/mol. The fourth-order valence-electron chi connectivity index (χ4n) is 1.65. The highest BCUT2D eigenvalue weighted by Gasteiger charge is 2.38. The molecule has 1 atom stereocenters. The number of alkyl halides is 3. The molecule has 0 radical (unpaired) electrons. The molecule has 0 saturated heterocycles. The normalized spacial score (nSPS) is 14.8. The Kier molecular flexibility index (Phi) is 6.16. The number of rotatable bonds is 6. The van der Waals surface area contributed by atoms with E-state index in [1.165, 1.54) is 0 Å². The lowest BCUT2D eigenvalue weighted by Crippen LogP contribution is -2.30. The molecule has 0 spiro atoms. The van der Waals surface area contributed by atoms with Gasteiger partial charge < -0.3 is 5.11 Å². The Bertz CT molecular complexity index is 139. The third kappa shape index (κ3) is 5.47. The third-order valence-electron chi connectivity index (χ3n) is 2.33. The largest absolute Gasteiger partial charge is 0.414 e. The standard InChI is InChI=1S/C10H19F3O/c1-3-5-8(6-4-2)7-9(14)10(11,12)13/h8-9,14H,3-7H2,1-2H3/t9-/m1/s1. The summed E-state index contributed by atoms with van der Waals surface area (Å²) in [6.07, 6.45) is -3.48. The van der Waals surface area contributed by atoms with Crippen molar-refractivity contribution in [3.63, 3.8) is 0 Å². The van der Waals surface area contributed by atoms with Crippen molar-refractivity contribution in [1.82, 2.24) is 0 Å². The molecule has 0 saturated carbocycles. The first-order chi connectivity index (χ1) is 6.41. The van der Waals surface area contributed by atoms with Gasteiger partial charge in [0.05, 0.1) is 0 Å². The summed E-state index contributed by atoms with van der Waals surface area (Å²) in [4.78, 5) is 0. The third-order valence-corrected chi connectivity index (χ3v) is 2.33. The Labute approximate surface area is 83.3 Å².